The lowest BCUT2D eigenvalue weighted by Crippen LogP contribution is -1.85. The second-order valence-corrected chi connectivity index (χ2v) is 2.09. The van der Waals surface area contributed by atoms with Crippen LogP contribution in [0.3, 0.4) is 0 Å². The molecule has 5 nitrogen and oxygen atoms in total. The van der Waals surface area contributed by atoms with Crippen LogP contribution < -0.4 is 5.73 Å². The summed E-state index contributed by atoms with van der Waals surface area (Å²) in [5.41, 5.74) is 7.53. The highest BCUT2D eigenvalue weighted by Gasteiger charge is 1.84. The lowest BCUT2D eigenvalue weighted by atomic mass is 10.2. The van der Waals surface area contributed by atoms with E-state index in [1.807, 2.05) is 31.2 Å². The summed E-state index contributed by atoms with van der Waals surface area (Å²) in [6.45, 7) is 2.00. The zero-order valence-electron chi connectivity index (χ0n) is 6.60. The molecule has 0 aliphatic heterocycles. The van der Waals surface area contributed by atoms with E-state index in [2.05, 4.69) is 0 Å². The minimum atomic E-state index is -1.50. The minimum absolute atomic E-state index is 0.868. The van der Waals surface area contributed by atoms with Gasteiger partial charge in [-0.25, -0.2) is 0 Å². The molecule has 0 bridgehead atoms. The molecule has 0 spiro atoms. The fourth-order valence-corrected chi connectivity index (χ4v) is 0.587. The number of rotatable bonds is 0. The maximum absolute atomic E-state index is 8.36. The molecule has 0 saturated carbocycles. The normalized spacial score (nSPS) is 8.08. The lowest BCUT2D eigenvalue weighted by Gasteiger charge is -1.93. The molecule has 0 aromatic heterocycles. The van der Waals surface area contributed by atoms with Crippen molar-refractivity contribution in [1.82, 2.24) is 0 Å². The summed E-state index contributed by atoms with van der Waals surface area (Å²) in [7, 11) is 0. The average molecular weight is 170 g/mol. The largest absolute Gasteiger partial charge is 0.399 e. The summed E-state index contributed by atoms with van der Waals surface area (Å²) in [6.07, 6.45) is 0. The fraction of sp³-hybridized carbons (Fsp3) is 0.143. The smallest absolute Gasteiger partial charge is 0.291 e. The Kier molecular flexibility index (Phi) is 4.21. The Morgan fingerprint density at radius 1 is 1.50 bits per heavy atom. The standard InChI is InChI=1S/C7H9N.HNO3/c1-6-4-2-3-5-7(6)8;2-1(3)4/h2-5H,8H2,1H3;(H,2,3,4). The van der Waals surface area contributed by atoms with Gasteiger partial charge in [0.15, 0.2) is 0 Å². The minimum Gasteiger partial charge on any atom is -0.399 e. The van der Waals surface area contributed by atoms with Gasteiger partial charge in [0.2, 0.25) is 0 Å². The summed E-state index contributed by atoms with van der Waals surface area (Å²) < 4.78 is 0. The highest BCUT2D eigenvalue weighted by atomic mass is 16.9. The topological polar surface area (TPSA) is 89.4 Å². The van der Waals surface area contributed by atoms with E-state index in [4.69, 9.17) is 21.1 Å². The Labute approximate surface area is 69.5 Å². The van der Waals surface area contributed by atoms with Crippen LogP contribution >= 0.6 is 0 Å². The number of benzene rings is 1. The molecule has 1 aromatic carbocycles. The fourth-order valence-electron chi connectivity index (χ4n) is 0.587. The zero-order valence-corrected chi connectivity index (χ0v) is 6.60. The Morgan fingerprint density at radius 3 is 2.17 bits per heavy atom. The number of aryl methyl sites for hydroxylation is 1. The second-order valence-electron chi connectivity index (χ2n) is 2.09. The van der Waals surface area contributed by atoms with Crippen molar-refractivity contribution in [2.24, 2.45) is 0 Å². The first-order chi connectivity index (χ1) is 5.54. The van der Waals surface area contributed by atoms with Crippen molar-refractivity contribution < 1.29 is 10.3 Å². The van der Waals surface area contributed by atoms with Gasteiger partial charge >= 0.3 is 0 Å². The van der Waals surface area contributed by atoms with E-state index < -0.39 is 5.09 Å². The predicted octanol–water partition coefficient (Wildman–Crippen LogP) is 1.23. The van der Waals surface area contributed by atoms with Crippen molar-refractivity contribution in [3.8, 4) is 0 Å². The molecule has 0 radical (unpaired) electrons. The van der Waals surface area contributed by atoms with Crippen molar-refractivity contribution >= 4 is 5.69 Å². The van der Waals surface area contributed by atoms with Gasteiger partial charge in [-0.1, -0.05) is 18.2 Å². The third kappa shape index (κ3) is 5.04. The lowest BCUT2D eigenvalue weighted by molar-refractivity contribution is -0.742. The van der Waals surface area contributed by atoms with Crippen LogP contribution in [0.4, 0.5) is 5.69 Å². The molecule has 12 heavy (non-hydrogen) atoms. The van der Waals surface area contributed by atoms with Crippen LogP contribution in [0.25, 0.3) is 0 Å². The monoisotopic (exact) mass is 170 g/mol. The molecule has 5 heteroatoms. The summed E-state index contributed by atoms with van der Waals surface area (Å²) in [6, 6.07) is 7.80. The van der Waals surface area contributed by atoms with Crippen LogP contribution in [0.15, 0.2) is 24.3 Å². The van der Waals surface area contributed by atoms with Crippen LogP contribution in [-0.4, -0.2) is 10.3 Å². The van der Waals surface area contributed by atoms with Crippen LogP contribution in [0.5, 0.6) is 0 Å². The molecule has 3 N–H and O–H groups in total. The molecular formula is C7H10N2O3. The number of hydrogen-bond donors (Lipinski definition) is 2. The van der Waals surface area contributed by atoms with E-state index in [0.717, 1.165) is 11.3 Å². The number of anilines is 1. The summed E-state index contributed by atoms with van der Waals surface area (Å²) >= 11 is 0. The van der Waals surface area contributed by atoms with Crippen LogP contribution in [0.2, 0.25) is 0 Å². The van der Waals surface area contributed by atoms with Gasteiger partial charge in [-0.2, -0.15) is 0 Å². The maximum Gasteiger partial charge on any atom is 0.291 e. The van der Waals surface area contributed by atoms with E-state index in [9.17, 15) is 0 Å². The summed E-state index contributed by atoms with van der Waals surface area (Å²) in [4.78, 5) is 8.36. The van der Waals surface area contributed by atoms with Gasteiger partial charge in [0.25, 0.3) is 5.09 Å². The van der Waals surface area contributed by atoms with Crippen molar-refractivity contribution in [2.45, 2.75) is 6.92 Å². The van der Waals surface area contributed by atoms with E-state index in [0.29, 0.717) is 0 Å². The number of nitrogens with zero attached hydrogens (tertiary/aromatic N) is 1. The molecule has 0 atom stereocenters. The second kappa shape index (κ2) is 4.95. The molecular weight excluding hydrogens is 160 g/mol. The van der Waals surface area contributed by atoms with Gasteiger partial charge in [-0.05, 0) is 18.6 Å². The Hall–Kier alpha value is -1.78. The Bertz CT molecular complexity index is 238. The van der Waals surface area contributed by atoms with E-state index >= 15 is 0 Å². The molecule has 0 fully saturated rings. The first-order valence-corrected chi connectivity index (χ1v) is 3.18. The molecule has 0 saturated heterocycles. The molecule has 66 valence electrons. The Morgan fingerprint density at radius 2 is 1.92 bits per heavy atom. The third-order valence-corrected chi connectivity index (χ3v) is 1.19. The molecule has 0 amide bonds. The summed E-state index contributed by atoms with van der Waals surface area (Å²) in [5, 5.41) is 13.6. The molecule has 0 heterocycles. The van der Waals surface area contributed by atoms with E-state index in [1.165, 1.54) is 0 Å². The highest BCUT2D eigenvalue weighted by Crippen LogP contribution is 2.06. The maximum atomic E-state index is 8.36. The van der Waals surface area contributed by atoms with Crippen molar-refractivity contribution in [3.05, 3.63) is 39.9 Å². The van der Waals surface area contributed by atoms with Gasteiger partial charge in [0.1, 0.15) is 0 Å². The van der Waals surface area contributed by atoms with E-state index in [-0.39, 0.29) is 0 Å². The average Bonchev–Trinajstić information content (AvgIpc) is 1.94. The predicted molar refractivity (Wildman–Crippen MR) is 44.4 cm³/mol. The zero-order chi connectivity index (χ0) is 9.56. The van der Waals surface area contributed by atoms with Crippen molar-refractivity contribution in [2.75, 3.05) is 5.73 Å². The highest BCUT2D eigenvalue weighted by molar-refractivity contribution is 5.44. The Balaban J connectivity index is 0.000000261. The molecule has 0 unspecified atom stereocenters. The van der Waals surface area contributed by atoms with Gasteiger partial charge < -0.3 is 10.9 Å². The third-order valence-electron chi connectivity index (χ3n) is 1.19. The number of hydrogen-bond acceptors (Lipinski definition) is 3. The molecule has 0 aliphatic rings. The van der Waals surface area contributed by atoms with E-state index in [1.54, 1.807) is 0 Å². The summed E-state index contributed by atoms with van der Waals surface area (Å²) in [5.74, 6) is 0. The van der Waals surface area contributed by atoms with Crippen LogP contribution in [0, 0.1) is 17.0 Å². The van der Waals surface area contributed by atoms with Crippen LogP contribution in [0.1, 0.15) is 5.56 Å². The van der Waals surface area contributed by atoms with Crippen LogP contribution in [-0.2, 0) is 0 Å². The number of nitrogen functional groups attached to an aromatic ring is 1. The first-order valence-electron chi connectivity index (χ1n) is 3.18. The van der Waals surface area contributed by atoms with Gasteiger partial charge in [-0.15, -0.1) is 10.1 Å². The SMILES string of the molecule is Cc1ccccc1N.O=[N+]([O-])O. The van der Waals surface area contributed by atoms with Gasteiger partial charge in [0.05, 0.1) is 0 Å². The van der Waals surface area contributed by atoms with Crippen molar-refractivity contribution in [1.29, 1.82) is 0 Å². The number of nitrogens with two attached hydrogens (primary N) is 1. The molecule has 1 rings (SSSR count). The van der Waals surface area contributed by atoms with Crippen molar-refractivity contribution in [3.63, 3.8) is 0 Å². The number of para-hydroxylation sites is 1. The quantitative estimate of drug-likeness (QED) is 0.348. The van der Waals surface area contributed by atoms with Gasteiger partial charge in [-0.3, -0.25) is 0 Å². The first kappa shape index (κ1) is 10.2. The molecule has 1 aromatic rings. The van der Waals surface area contributed by atoms with Gasteiger partial charge in [0, 0.05) is 5.69 Å². The molecule has 0 aliphatic carbocycles.